The van der Waals surface area contributed by atoms with Crippen LogP contribution in [0.15, 0.2) is 73.1 Å². The minimum absolute atomic E-state index is 0.138. The molecule has 2 atom stereocenters. The van der Waals surface area contributed by atoms with E-state index in [-0.39, 0.29) is 11.8 Å². The Kier molecular flexibility index (Phi) is 6.75. The summed E-state index contributed by atoms with van der Waals surface area (Å²) in [7, 11) is 1.74. The molecule has 32 heavy (non-hydrogen) atoms. The van der Waals surface area contributed by atoms with Gasteiger partial charge in [0.05, 0.1) is 6.54 Å². The number of benzene rings is 2. The van der Waals surface area contributed by atoms with Gasteiger partial charge in [-0.15, -0.1) is 0 Å². The number of imidazole rings is 1. The molecule has 5 heteroatoms. The van der Waals surface area contributed by atoms with Crippen molar-refractivity contribution in [2.24, 2.45) is 11.7 Å². The van der Waals surface area contributed by atoms with E-state index in [2.05, 4.69) is 52.7 Å². The molecule has 1 amide bonds. The molecule has 0 bridgehead atoms. The normalized spacial score (nSPS) is 18.7. The van der Waals surface area contributed by atoms with Crippen molar-refractivity contribution >= 4 is 5.91 Å². The quantitative estimate of drug-likeness (QED) is 0.411. The summed E-state index contributed by atoms with van der Waals surface area (Å²) in [5, 5.41) is 0. The Morgan fingerprint density at radius 1 is 1.09 bits per heavy atom. The minimum Gasteiger partial charge on any atom is -0.385 e. The molecule has 2 aromatic carbocycles. The summed E-state index contributed by atoms with van der Waals surface area (Å²) in [6.45, 7) is 3.89. The van der Waals surface area contributed by atoms with E-state index in [9.17, 15) is 4.79 Å². The third-order valence-electron chi connectivity index (χ3n) is 7.20. The average Bonchev–Trinajstić information content (AvgIpc) is 3.43. The van der Waals surface area contributed by atoms with Gasteiger partial charge in [-0.05, 0) is 36.3 Å². The van der Waals surface area contributed by atoms with Crippen LogP contribution in [0.2, 0.25) is 0 Å². The van der Waals surface area contributed by atoms with E-state index < -0.39 is 5.41 Å². The Labute approximate surface area is 190 Å². The molecular weight excluding hydrogens is 398 g/mol. The Balaban J connectivity index is 1.67. The van der Waals surface area contributed by atoms with Crippen LogP contribution >= 0.6 is 0 Å². The van der Waals surface area contributed by atoms with Gasteiger partial charge in [-0.25, -0.2) is 9.13 Å². The first-order valence-corrected chi connectivity index (χ1v) is 11.6. The third kappa shape index (κ3) is 3.97. The predicted octanol–water partition coefficient (Wildman–Crippen LogP) is 3.93. The number of aromatic nitrogens is 2. The number of primary amides is 1. The molecule has 0 saturated heterocycles. The number of carbonyl (C=O) groups is 1. The number of nitrogens with zero attached hydrogens (tertiary/aromatic N) is 2. The molecule has 1 fully saturated rings. The molecule has 0 aliphatic heterocycles. The van der Waals surface area contributed by atoms with Crippen LogP contribution < -0.4 is 10.3 Å². The number of aryl methyl sites for hydroxylation is 1. The first kappa shape index (κ1) is 22.3. The molecule has 0 spiro atoms. The lowest BCUT2D eigenvalue weighted by atomic mass is 9.64. The summed E-state index contributed by atoms with van der Waals surface area (Å²) in [5.74, 6) is 1.12. The average molecular weight is 433 g/mol. The maximum absolute atomic E-state index is 13.3. The van der Waals surface area contributed by atoms with Gasteiger partial charge in [0.25, 0.3) is 5.82 Å². The molecule has 2 N–H and O–H groups in total. The van der Waals surface area contributed by atoms with Gasteiger partial charge in [0.2, 0.25) is 5.91 Å². The molecule has 1 aliphatic rings. The van der Waals surface area contributed by atoms with Crippen LogP contribution in [0.3, 0.4) is 0 Å². The van der Waals surface area contributed by atoms with Crippen LogP contribution in [-0.2, 0) is 21.5 Å². The third-order valence-corrected chi connectivity index (χ3v) is 7.20. The molecule has 1 heterocycles. The molecule has 1 saturated carbocycles. The molecule has 168 valence electrons. The Morgan fingerprint density at radius 3 is 2.28 bits per heavy atom. The van der Waals surface area contributed by atoms with E-state index in [4.69, 9.17) is 10.5 Å². The second kappa shape index (κ2) is 9.70. The highest BCUT2D eigenvalue weighted by Crippen LogP contribution is 2.49. The van der Waals surface area contributed by atoms with Crippen LogP contribution in [-0.4, -0.2) is 24.2 Å². The number of hydrogen-bond acceptors (Lipinski definition) is 2. The van der Waals surface area contributed by atoms with Gasteiger partial charge >= 0.3 is 0 Å². The van der Waals surface area contributed by atoms with Crippen molar-refractivity contribution in [2.45, 2.75) is 50.6 Å². The summed E-state index contributed by atoms with van der Waals surface area (Å²) < 4.78 is 9.88. The standard InChI is InChI=1S/C27H33N3O2/c1-21-29(16-9-19-32-2)17-18-30(21)25-15-14-24(20-25)27(26(28)31,22-10-5-3-6-11-22)23-12-7-4-8-13-23/h3-8,10-13,17-18,24-25H,9,14-16,19-20H2,1-2H3,(H-,28,31)/p+1/t24-,25+/m1/s1. The lowest BCUT2D eigenvalue weighted by molar-refractivity contribution is -0.703. The minimum atomic E-state index is -0.827. The topological polar surface area (TPSA) is 61.1 Å². The molecule has 5 nitrogen and oxygen atoms in total. The zero-order valence-corrected chi connectivity index (χ0v) is 19.1. The zero-order valence-electron chi connectivity index (χ0n) is 19.1. The number of rotatable bonds is 9. The fourth-order valence-corrected chi connectivity index (χ4v) is 5.65. The first-order valence-electron chi connectivity index (χ1n) is 11.6. The molecule has 4 rings (SSSR count). The van der Waals surface area contributed by atoms with E-state index in [1.54, 1.807) is 7.11 Å². The molecule has 1 aliphatic carbocycles. The van der Waals surface area contributed by atoms with Gasteiger partial charge < -0.3 is 10.5 Å². The lowest BCUT2D eigenvalue weighted by Crippen LogP contribution is -2.47. The van der Waals surface area contributed by atoms with E-state index in [1.165, 1.54) is 5.82 Å². The monoisotopic (exact) mass is 432 g/mol. The van der Waals surface area contributed by atoms with Gasteiger partial charge in [0.1, 0.15) is 23.9 Å². The van der Waals surface area contributed by atoms with Crippen LogP contribution in [0.25, 0.3) is 0 Å². The number of nitrogens with two attached hydrogens (primary N) is 1. The SMILES string of the molecule is COCCC[n+]1ccn([C@H]2CC[C@@H](C(C(N)=O)(c3ccccc3)c3ccccc3)C2)c1C. The molecule has 1 aromatic heterocycles. The first-order chi connectivity index (χ1) is 15.6. The van der Waals surface area contributed by atoms with Crippen LogP contribution in [0, 0.1) is 12.8 Å². The largest absolute Gasteiger partial charge is 0.385 e. The summed E-state index contributed by atoms with van der Waals surface area (Å²) in [4.78, 5) is 13.3. The lowest BCUT2D eigenvalue weighted by Gasteiger charge is -2.37. The van der Waals surface area contributed by atoms with E-state index in [1.807, 2.05) is 36.4 Å². The smallest absolute Gasteiger partial charge is 0.253 e. The van der Waals surface area contributed by atoms with Crippen molar-refractivity contribution < 1.29 is 14.1 Å². The predicted molar refractivity (Wildman–Crippen MR) is 125 cm³/mol. The van der Waals surface area contributed by atoms with Gasteiger partial charge in [0.15, 0.2) is 0 Å². The Bertz CT molecular complexity index is 990. The molecule has 3 aromatic rings. The van der Waals surface area contributed by atoms with E-state index >= 15 is 0 Å². The highest BCUT2D eigenvalue weighted by atomic mass is 16.5. The van der Waals surface area contributed by atoms with Crippen molar-refractivity contribution in [3.63, 3.8) is 0 Å². The van der Waals surface area contributed by atoms with Crippen LogP contribution in [0.4, 0.5) is 0 Å². The van der Waals surface area contributed by atoms with Gasteiger partial charge in [0, 0.05) is 27.1 Å². The molecule has 0 radical (unpaired) electrons. The maximum Gasteiger partial charge on any atom is 0.253 e. The second-order valence-corrected chi connectivity index (χ2v) is 8.86. The van der Waals surface area contributed by atoms with Gasteiger partial charge in [-0.1, -0.05) is 60.7 Å². The Hall–Kier alpha value is -2.92. The summed E-state index contributed by atoms with van der Waals surface area (Å²) in [6, 6.07) is 20.5. The van der Waals surface area contributed by atoms with Crippen LogP contribution in [0.5, 0.6) is 0 Å². The maximum atomic E-state index is 13.3. The molecule has 0 unspecified atom stereocenters. The number of methoxy groups -OCH3 is 1. The van der Waals surface area contributed by atoms with E-state index in [0.29, 0.717) is 6.04 Å². The fourth-order valence-electron chi connectivity index (χ4n) is 5.65. The van der Waals surface area contributed by atoms with Crippen molar-refractivity contribution in [1.29, 1.82) is 0 Å². The summed E-state index contributed by atoms with van der Waals surface area (Å²) >= 11 is 0. The van der Waals surface area contributed by atoms with Crippen molar-refractivity contribution in [3.8, 4) is 0 Å². The van der Waals surface area contributed by atoms with Crippen molar-refractivity contribution in [3.05, 3.63) is 90.0 Å². The Morgan fingerprint density at radius 2 is 1.72 bits per heavy atom. The number of carbonyl (C=O) groups excluding carboxylic acids is 1. The van der Waals surface area contributed by atoms with Gasteiger partial charge in [-0.3, -0.25) is 4.79 Å². The highest BCUT2D eigenvalue weighted by Gasteiger charge is 2.51. The zero-order chi connectivity index (χ0) is 22.6. The second-order valence-electron chi connectivity index (χ2n) is 8.86. The van der Waals surface area contributed by atoms with Gasteiger partial charge in [-0.2, -0.15) is 0 Å². The highest BCUT2D eigenvalue weighted by molar-refractivity contribution is 5.91. The number of hydrogen-bond donors (Lipinski definition) is 1. The fraction of sp³-hybridized carbons (Fsp3) is 0.407. The van der Waals surface area contributed by atoms with E-state index in [0.717, 1.165) is 50.0 Å². The number of ether oxygens (including phenoxy) is 1. The summed E-state index contributed by atoms with van der Waals surface area (Å²) in [6.07, 6.45) is 8.25. The molecular formula is C27H34N3O2+. The summed E-state index contributed by atoms with van der Waals surface area (Å²) in [5.41, 5.74) is 7.39. The van der Waals surface area contributed by atoms with Crippen molar-refractivity contribution in [1.82, 2.24) is 4.57 Å². The number of amides is 1. The van der Waals surface area contributed by atoms with Crippen LogP contribution in [0.1, 0.15) is 48.7 Å². The van der Waals surface area contributed by atoms with Crippen molar-refractivity contribution in [2.75, 3.05) is 13.7 Å².